The van der Waals surface area contributed by atoms with Gasteiger partial charge in [-0.2, -0.15) is 0 Å². The van der Waals surface area contributed by atoms with E-state index in [0.29, 0.717) is 12.5 Å². The fourth-order valence-electron chi connectivity index (χ4n) is 4.72. The molecule has 0 saturated heterocycles. The SMILES string of the molecule is CC.CCC.Cc1cc(C)c(NCOc2cccc(OC(C(=O)Nc3c(C)cc(C)cc3C)C(C)C)c2C)c(C)c1. The molecule has 0 fully saturated rings. The van der Waals surface area contributed by atoms with Gasteiger partial charge in [0.1, 0.15) is 11.5 Å². The van der Waals surface area contributed by atoms with E-state index in [-0.39, 0.29) is 11.8 Å². The average molecular weight is 563 g/mol. The first-order valence-electron chi connectivity index (χ1n) is 15.0. The molecule has 3 rings (SSSR count). The number of rotatable bonds is 9. The lowest BCUT2D eigenvalue weighted by atomic mass is 10.0. The van der Waals surface area contributed by atoms with Gasteiger partial charge >= 0.3 is 0 Å². The van der Waals surface area contributed by atoms with Gasteiger partial charge < -0.3 is 20.1 Å². The van der Waals surface area contributed by atoms with Gasteiger partial charge in [-0.3, -0.25) is 4.79 Å². The molecule has 0 aliphatic heterocycles. The van der Waals surface area contributed by atoms with Crippen LogP contribution in [0, 0.1) is 54.4 Å². The minimum absolute atomic E-state index is 0.0193. The van der Waals surface area contributed by atoms with E-state index in [1.807, 2.05) is 66.7 Å². The van der Waals surface area contributed by atoms with E-state index < -0.39 is 6.10 Å². The predicted molar refractivity (Wildman–Crippen MR) is 177 cm³/mol. The van der Waals surface area contributed by atoms with Gasteiger partial charge in [0.15, 0.2) is 12.8 Å². The summed E-state index contributed by atoms with van der Waals surface area (Å²) in [6, 6.07) is 14.2. The molecule has 41 heavy (non-hydrogen) atoms. The molecule has 5 nitrogen and oxygen atoms in total. The van der Waals surface area contributed by atoms with Crippen LogP contribution in [-0.4, -0.2) is 18.7 Å². The van der Waals surface area contributed by atoms with Crippen molar-refractivity contribution in [3.05, 3.63) is 81.4 Å². The van der Waals surface area contributed by atoms with Crippen molar-refractivity contribution in [2.24, 2.45) is 5.92 Å². The van der Waals surface area contributed by atoms with Gasteiger partial charge in [0.05, 0.1) is 0 Å². The van der Waals surface area contributed by atoms with Crippen molar-refractivity contribution in [2.75, 3.05) is 17.4 Å². The summed E-state index contributed by atoms with van der Waals surface area (Å²) in [5.74, 6) is 1.18. The van der Waals surface area contributed by atoms with Crippen LogP contribution in [0.15, 0.2) is 42.5 Å². The van der Waals surface area contributed by atoms with Crippen molar-refractivity contribution < 1.29 is 14.3 Å². The molecule has 1 amide bonds. The summed E-state index contributed by atoms with van der Waals surface area (Å²) in [5.41, 5.74) is 9.68. The zero-order valence-corrected chi connectivity index (χ0v) is 27.8. The third-order valence-electron chi connectivity index (χ3n) is 6.43. The Kier molecular flexibility index (Phi) is 15.1. The topological polar surface area (TPSA) is 59.6 Å². The number of carbonyl (C=O) groups is 1. The normalized spacial score (nSPS) is 11.0. The molecule has 3 aromatic rings. The van der Waals surface area contributed by atoms with Crippen LogP contribution in [0.25, 0.3) is 0 Å². The molecule has 5 heteroatoms. The molecule has 0 heterocycles. The molecule has 0 aromatic heterocycles. The Morgan fingerprint density at radius 3 is 1.66 bits per heavy atom. The van der Waals surface area contributed by atoms with Crippen LogP contribution in [0.3, 0.4) is 0 Å². The summed E-state index contributed by atoms with van der Waals surface area (Å²) < 4.78 is 12.4. The standard InChI is InChI=1S/C31H40N2O3.C3H8.C2H6/c1-18(2)30(31(34)33-29-23(7)15-20(4)16-24(29)8)36-27-12-10-11-26(25(27)9)35-17-32-28-21(5)13-19(3)14-22(28)6;1-3-2;1-2/h10-16,18,30,32H,17H2,1-9H3,(H,33,34);3H2,1-2H3;1-2H3. The summed E-state index contributed by atoms with van der Waals surface area (Å²) in [4.78, 5) is 13.3. The maximum Gasteiger partial charge on any atom is 0.265 e. The van der Waals surface area contributed by atoms with E-state index in [4.69, 9.17) is 9.47 Å². The average Bonchev–Trinajstić information content (AvgIpc) is 2.89. The number of benzene rings is 3. The summed E-state index contributed by atoms with van der Waals surface area (Å²) in [6.45, 7) is 26.9. The van der Waals surface area contributed by atoms with E-state index in [2.05, 4.69) is 76.4 Å². The highest BCUT2D eigenvalue weighted by Gasteiger charge is 2.26. The van der Waals surface area contributed by atoms with Crippen LogP contribution in [0.1, 0.15) is 86.9 Å². The number of aryl methyl sites for hydroxylation is 6. The molecule has 0 radical (unpaired) electrons. The summed E-state index contributed by atoms with van der Waals surface area (Å²) in [7, 11) is 0. The fourth-order valence-corrected chi connectivity index (χ4v) is 4.72. The molecule has 0 saturated carbocycles. The molecule has 226 valence electrons. The molecule has 0 bridgehead atoms. The lowest BCUT2D eigenvalue weighted by Gasteiger charge is -2.24. The van der Waals surface area contributed by atoms with Gasteiger partial charge in [-0.25, -0.2) is 0 Å². The van der Waals surface area contributed by atoms with Gasteiger partial charge in [-0.15, -0.1) is 0 Å². The van der Waals surface area contributed by atoms with Crippen molar-refractivity contribution in [1.82, 2.24) is 0 Å². The minimum atomic E-state index is -0.643. The van der Waals surface area contributed by atoms with Crippen LogP contribution in [0.4, 0.5) is 11.4 Å². The molecule has 3 aromatic carbocycles. The number of anilines is 2. The number of amides is 1. The van der Waals surface area contributed by atoms with E-state index in [9.17, 15) is 4.79 Å². The number of nitrogens with one attached hydrogen (secondary N) is 2. The van der Waals surface area contributed by atoms with E-state index in [1.54, 1.807) is 0 Å². The van der Waals surface area contributed by atoms with Crippen LogP contribution in [0.2, 0.25) is 0 Å². The first-order chi connectivity index (χ1) is 19.4. The Bertz CT molecular complexity index is 1220. The van der Waals surface area contributed by atoms with Gasteiger partial charge in [0.2, 0.25) is 0 Å². The quantitative estimate of drug-likeness (QED) is 0.255. The van der Waals surface area contributed by atoms with E-state index in [0.717, 1.165) is 33.8 Å². The van der Waals surface area contributed by atoms with Crippen molar-refractivity contribution in [2.45, 2.75) is 103 Å². The minimum Gasteiger partial charge on any atom is -0.480 e. The number of hydrogen-bond acceptors (Lipinski definition) is 4. The molecule has 2 N–H and O–H groups in total. The van der Waals surface area contributed by atoms with Crippen LogP contribution < -0.4 is 20.1 Å². The molecule has 1 atom stereocenters. The summed E-state index contributed by atoms with van der Waals surface area (Å²) >= 11 is 0. The van der Waals surface area contributed by atoms with Gasteiger partial charge in [0.25, 0.3) is 5.91 Å². The van der Waals surface area contributed by atoms with Crippen LogP contribution in [0.5, 0.6) is 11.5 Å². The Morgan fingerprint density at radius 2 is 1.20 bits per heavy atom. The Morgan fingerprint density at radius 1 is 0.756 bits per heavy atom. The van der Waals surface area contributed by atoms with Crippen molar-refractivity contribution >= 4 is 17.3 Å². The maximum absolute atomic E-state index is 13.3. The number of hydrogen-bond donors (Lipinski definition) is 2. The second-order valence-corrected chi connectivity index (χ2v) is 10.9. The fraction of sp³-hybridized carbons (Fsp3) is 0.472. The van der Waals surface area contributed by atoms with Gasteiger partial charge in [0, 0.05) is 16.9 Å². The zero-order chi connectivity index (χ0) is 31.3. The lowest BCUT2D eigenvalue weighted by molar-refractivity contribution is -0.124. The first-order valence-corrected chi connectivity index (χ1v) is 15.0. The van der Waals surface area contributed by atoms with Crippen molar-refractivity contribution in [3.8, 4) is 11.5 Å². The predicted octanol–water partition coefficient (Wildman–Crippen LogP) is 9.78. The van der Waals surface area contributed by atoms with Crippen molar-refractivity contribution in [1.29, 1.82) is 0 Å². The van der Waals surface area contributed by atoms with Gasteiger partial charge in [-0.05, 0) is 88.8 Å². The first kappa shape index (κ1) is 35.6. The summed E-state index contributed by atoms with van der Waals surface area (Å²) in [5, 5.41) is 6.50. The highest BCUT2D eigenvalue weighted by atomic mass is 16.5. The smallest absolute Gasteiger partial charge is 0.265 e. The molecule has 0 spiro atoms. The Balaban J connectivity index is 0.00000157. The van der Waals surface area contributed by atoms with Crippen molar-refractivity contribution in [3.63, 3.8) is 0 Å². The second-order valence-electron chi connectivity index (χ2n) is 10.9. The third kappa shape index (κ3) is 10.5. The number of carbonyl (C=O) groups excluding carboxylic acids is 1. The lowest BCUT2D eigenvalue weighted by Crippen LogP contribution is -2.37. The molecule has 1 unspecified atom stereocenters. The van der Waals surface area contributed by atoms with E-state index in [1.165, 1.54) is 28.7 Å². The monoisotopic (exact) mass is 562 g/mol. The van der Waals surface area contributed by atoms with E-state index >= 15 is 0 Å². The molecular formula is C36H54N2O3. The van der Waals surface area contributed by atoms with Crippen LogP contribution in [-0.2, 0) is 4.79 Å². The Hall–Kier alpha value is -3.47. The maximum atomic E-state index is 13.3. The molecular weight excluding hydrogens is 508 g/mol. The highest BCUT2D eigenvalue weighted by Crippen LogP contribution is 2.30. The molecule has 0 aliphatic rings. The number of ether oxygens (including phenoxy) is 2. The zero-order valence-electron chi connectivity index (χ0n) is 27.8. The largest absolute Gasteiger partial charge is 0.480 e. The Labute approximate surface area is 250 Å². The summed E-state index contributed by atoms with van der Waals surface area (Å²) in [6.07, 6.45) is 0.607. The third-order valence-corrected chi connectivity index (χ3v) is 6.43. The van der Waals surface area contributed by atoms with Gasteiger partial charge in [-0.1, -0.05) is 89.4 Å². The van der Waals surface area contributed by atoms with Crippen LogP contribution >= 0.6 is 0 Å². The molecule has 0 aliphatic carbocycles. The highest BCUT2D eigenvalue weighted by molar-refractivity contribution is 5.96. The second kappa shape index (κ2) is 17.4.